The third-order valence-electron chi connectivity index (χ3n) is 11.5. The number of amides is 2. The first-order valence-electron chi connectivity index (χ1n) is 19.5. The van der Waals surface area contributed by atoms with Crippen LogP contribution in [-0.4, -0.2) is 112 Å². The summed E-state index contributed by atoms with van der Waals surface area (Å²) < 4.78 is 48.1. The van der Waals surface area contributed by atoms with Gasteiger partial charge < -0.3 is 9.80 Å². The molecule has 0 bridgehead atoms. The highest BCUT2D eigenvalue weighted by molar-refractivity contribution is 7.88. The molecule has 0 radical (unpaired) electrons. The molecule has 4 heterocycles. The number of hydrogen-bond donors (Lipinski definition) is 0. The van der Waals surface area contributed by atoms with E-state index in [-0.39, 0.29) is 19.2 Å². The van der Waals surface area contributed by atoms with Gasteiger partial charge in [-0.3, -0.25) is 9.59 Å². The van der Waals surface area contributed by atoms with Crippen molar-refractivity contribution in [1.82, 2.24) is 18.4 Å². The van der Waals surface area contributed by atoms with Crippen molar-refractivity contribution in [1.29, 1.82) is 0 Å². The summed E-state index contributed by atoms with van der Waals surface area (Å²) in [6, 6.07) is 0. The van der Waals surface area contributed by atoms with E-state index < -0.39 is 20.0 Å². The lowest BCUT2D eigenvalue weighted by molar-refractivity contribution is -0.131. The maximum Gasteiger partial charge on any atom is 0.219 e. The highest BCUT2D eigenvalue weighted by Crippen LogP contribution is 2.27. The van der Waals surface area contributed by atoms with Crippen LogP contribution in [0, 0.1) is 47.3 Å². The number of nitrogens with zero attached hydrogens (tertiary/aromatic N) is 4. The van der Waals surface area contributed by atoms with Crippen LogP contribution in [0.4, 0.5) is 0 Å². The monoisotopic (exact) mass is 765 g/mol. The first kappa shape index (κ1) is 49.8. The van der Waals surface area contributed by atoms with E-state index in [4.69, 9.17) is 0 Å². The van der Waals surface area contributed by atoms with Gasteiger partial charge in [0.15, 0.2) is 0 Å². The molecule has 0 N–H and O–H groups in total. The van der Waals surface area contributed by atoms with Gasteiger partial charge in [-0.2, -0.15) is 0 Å². The van der Waals surface area contributed by atoms with Crippen LogP contribution < -0.4 is 0 Å². The first-order chi connectivity index (χ1) is 23.0. The van der Waals surface area contributed by atoms with Crippen molar-refractivity contribution in [2.75, 3.05) is 64.9 Å². The van der Waals surface area contributed by atoms with E-state index in [1.807, 2.05) is 9.80 Å². The molecule has 304 valence electrons. The molecule has 4 aliphatic heterocycles. The summed E-state index contributed by atoms with van der Waals surface area (Å²) in [4.78, 5) is 26.0. The second kappa shape index (κ2) is 23.5. The van der Waals surface area contributed by atoms with Crippen LogP contribution in [0.25, 0.3) is 0 Å². The lowest BCUT2D eigenvalue weighted by atomic mass is 9.87. The van der Waals surface area contributed by atoms with Gasteiger partial charge in [0.2, 0.25) is 31.9 Å². The van der Waals surface area contributed by atoms with Crippen molar-refractivity contribution in [3.8, 4) is 0 Å². The second-order valence-corrected chi connectivity index (χ2v) is 20.7. The van der Waals surface area contributed by atoms with E-state index >= 15 is 0 Å². The quantitative estimate of drug-likeness (QED) is 0.286. The summed E-state index contributed by atoms with van der Waals surface area (Å²) >= 11 is 0. The van der Waals surface area contributed by atoms with Crippen LogP contribution in [0.1, 0.15) is 128 Å². The Kier molecular flexibility index (Phi) is 23.0. The Hall–Kier alpha value is -1.24. The average molecular weight is 765 g/mol. The summed E-state index contributed by atoms with van der Waals surface area (Å²) in [6.07, 6.45) is 11.7. The molecule has 0 aromatic carbocycles. The molecular weight excluding hydrogens is 685 g/mol. The Morgan fingerprint density at radius 3 is 1.18 bits per heavy atom. The number of piperidine rings is 4. The third kappa shape index (κ3) is 19.1. The molecule has 4 aliphatic rings. The Morgan fingerprint density at radius 2 is 0.824 bits per heavy atom. The van der Waals surface area contributed by atoms with Gasteiger partial charge in [0.1, 0.15) is 0 Å². The number of likely N-dealkylation sites (tertiary alicyclic amines) is 2. The summed E-state index contributed by atoms with van der Waals surface area (Å²) in [5.41, 5.74) is 0. The fourth-order valence-corrected chi connectivity index (χ4v) is 9.21. The van der Waals surface area contributed by atoms with Crippen molar-refractivity contribution in [2.24, 2.45) is 47.3 Å². The molecule has 0 spiro atoms. The molecule has 2 unspecified atom stereocenters. The standard InChI is InChI=1S/2C10H19NO.2C9H19NO2S.CH4/c1-8(2)10-4-6-11(7-5-10)9(3)12;1-8(2)10-5-4-6-11(7-10)9(3)12;1-8(2)9-4-6-10(7-5-9)13(3,11)12;1-8(2)9-5-4-6-10(7-9)13(3,11)12;/h2*8,10H,4-7H2,1-3H3;2*8-9H,4-7H2,1-3H3;1H4. The maximum absolute atomic E-state index is 11.3. The zero-order chi connectivity index (χ0) is 38.4. The molecule has 4 fully saturated rings. The Morgan fingerprint density at radius 1 is 0.471 bits per heavy atom. The largest absolute Gasteiger partial charge is 0.343 e. The molecule has 12 heteroatoms. The smallest absolute Gasteiger partial charge is 0.219 e. The molecule has 10 nitrogen and oxygen atoms in total. The van der Waals surface area contributed by atoms with Gasteiger partial charge in [-0.05, 0) is 98.7 Å². The van der Waals surface area contributed by atoms with Gasteiger partial charge in [-0.1, -0.05) is 62.8 Å². The Bertz CT molecular complexity index is 1210. The molecule has 2 atom stereocenters. The fourth-order valence-electron chi connectivity index (χ4n) is 7.41. The van der Waals surface area contributed by atoms with E-state index in [9.17, 15) is 26.4 Å². The van der Waals surface area contributed by atoms with E-state index in [2.05, 4.69) is 55.4 Å². The lowest BCUT2D eigenvalue weighted by Crippen LogP contribution is -2.40. The minimum atomic E-state index is -2.96. The van der Waals surface area contributed by atoms with Gasteiger partial charge >= 0.3 is 0 Å². The first-order valence-corrected chi connectivity index (χ1v) is 23.1. The van der Waals surface area contributed by atoms with Gasteiger partial charge in [0, 0.05) is 66.2 Å². The topological polar surface area (TPSA) is 115 Å². The zero-order valence-electron chi connectivity index (χ0n) is 34.0. The van der Waals surface area contributed by atoms with Crippen LogP contribution in [0.2, 0.25) is 0 Å². The van der Waals surface area contributed by atoms with Crippen LogP contribution in [0.5, 0.6) is 0 Å². The van der Waals surface area contributed by atoms with Crippen molar-refractivity contribution in [3.05, 3.63) is 0 Å². The highest BCUT2D eigenvalue weighted by Gasteiger charge is 2.28. The predicted octanol–water partition coefficient (Wildman–Crippen LogP) is 7.07. The van der Waals surface area contributed by atoms with Gasteiger partial charge in [0.05, 0.1) is 12.5 Å². The molecular formula is C39H80N4O6S2. The zero-order valence-corrected chi connectivity index (χ0v) is 35.6. The SMILES string of the molecule is C.CC(=O)N1CCC(C(C)C)CC1.CC(=O)N1CCCC(C(C)C)C1.CC(C)C1CCCN(S(C)(=O)=O)C1.CC(C)C1CCN(S(C)(=O)=O)CC1. The van der Waals surface area contributed by atoms with Crippen molar-refractivity contribution in [2.45, 2.75) is 128 Å². The van der Waals surface area contributed by atoms with Crippen molar-refractivity contribution < 1.29 is 26.4 Å². The van der Waals surface area contributed by atoms with Crippen molar-refractivity contribution in [3.63, 3.8) is 0 Å². The number of hydrogen-bond acceptors (Lipinski definition) is 6. The summed E-state index contributed by atoms with van der Waals surface area (Å²) in [7, 11) is -5.90. The third-order valence-corrected chi connectivity index (χ3v) is 14.1. The van der Waals surface area contributed by atoms with Gasteiger partial charge in [-0.15, -0.1) is 0 Å². The minimum Gasteiger partial charge on any atom is -0.343 e. The van der Waals surface area contributed by atoms with Crippen LogP contribution in [-0.2, 0) is 29.6 Å². The maximum atomic E-state index is 11.3. The molecule has 51 heavy (non-hydrogen) atoms. The number of rotatable bonds is 6. The summed E-state index contributed by atoms with van der Waals surface area (Å²) in [5.74, 6) is 6.04. The molecule has 0 saturated carbocycles. The van der Waals surface area contributed by atoms with E-state index in [1.54, 1.807) is 22.5 Å². The number of carbonyl (C=O) groups excluding carboxylic acids is 2. The van der Waals surface area contributed by atoms with Gasteiger partial charge in [-0.25, -0.2) is 25.4 Å². The molecule has 0 aromatic rings. The van der Waals surface area contributed by atoms with E-state index in [0.29, 0.717) is 49.2 Å². The molecule has 4 rings (SSSR count). The normalized spacial score (nSPS) is 23.1. The predicted molar refractivity (Wildman–Crippen MR) is 214 cm³/mol. The van der Waals surface area contributed by atoms with Crippen LogP contribution >= 0.6 is 0 Å². The Balaban J connectivity index is 0.000000650. The summed E-state index contributed by atoms with van der Waals surface area (Å²) in [6.45, 7) is 27.8. The van der Waals surface area contributed by atoms with E-state index in [0.717, 1.165) is 69.7 Å². The minimum absolute atomic E-state index is 0. The van der Waals surface area contributed by atoms with E-state index in [1.165, 1.54) is 44.6 Å². The molecule has 4 saturated heterocycles. The lowest BCUT2D eigenvalue weighted by Gasteiger charge is -2.34. The Labute approximate surface area is 315 Å². The molecule has 2 amide bonds. The fraction of sp³-hybridized carbons (Fsp3) is 0.949. The number of carbonyl (C=O) groups is 2. The van der Waals surface area contributed by atoms with Crippen LogP contribution in [0.3, 0.4) is 0 Å². The molecule has 0 aliphatic carbocycles. The van der Waals surface area contributed by atoms with Gasteiger partial charge in [0.25, 0.3) is 0 Å². The van der Waals surface area contributed by atoms with Crippen LogP contribution in [0.15, 0.2) is 0 Å². The highest BCUT2D eigenvalue weighted by atomic mass is 32.2. The molecule has 0 aromatic heterocycles. The second-order valence-electron chi connectivity index (χ2n) is 16.7. The average Bonchev–Trinajstić information content (AvgIpc) is 3.05. The summed E-state index contributed by atoms with van der Waals surface area (Å²) in [5, 5.41) is 0. The van der Waals surface area contributed by atoms with Crippen molar-refractivity contribution >= 4 is 31.9 Å². The number of sulfonamides is 2.